The number of rotatable bonds is 5. The molecule has 0 radical (unpaired) electrons. The molecule has 0 aliphatic carbocycles. The van der Waals surface area contributed by atoms with Crippen molar-refractivity contribution in [2.45, 2.75) is 19.8 Å². The first-order chi connectivity index (χ1) is 19.0. The molecule has 1 aliphatic heterocycles. The van der Waals surface area contributed by atoms with Crippen LogP contribution in [0, 0.1) is 13.8 Å². The summed E-state index contributed by atoms with van der Waals surface area (Å²) in [5.74, 6) is 1.45. The fourth-order valence-electron chi connectivity index (χ4n) is 5.31. The SMILES string of the molecule is Cc1ccccc1[C@H]1C(C=Nc2c(C)n(C)n(-c3ccccc3)c2=O)=C(c2ccccc2)Oc2ccccc21. The molecule has 2 heterocycles. The van der Waals surface area contributed by atoms with Crippen molar-refractivity contribution in [2.24, 2.45) is 12.0 Å². The van der Waals surface area contributed by atoms with Crippen LogP contribution in [-0.4, -0.2) is 15.6 Å². The highest BCUT2D eigenvalue weighted by molar-refractivity contribution is 5.95. The van der Waals surface area contributed by atoms with Gasteiger partial charge in [0.2, 0.25) is 0 Å². The van der Waals surface area contributed by atoms with Crippen molar-refractivity contribution in [1.29, 1.82) is 0 Å². The molecule has 0 N–H and O–H groups in total. The summed E-state index contributed by atoms with van der Waals surface area (Å²) in [7, 11) is 1.88. The quantitative estimate of drug-likeness (QED) is 0.236. The van der Waals surface area contributed by atoms with Gasteiger partial charge in [-0.05, 0) is 43.2 Å². The highest BCUT2D eigenvalue weighted by atomic mass is 16.5. The molecule has 0 bridgehead atoms. The van der Waals surface area contributed by atoms with Crippen molar-refractivity contribution in [2.75, 3.05) is 0 Å². The molecule has 39 heavy (non-hydrogen) atoms. The molecule has 4 aromatic carbocycles. The molecule has 5 nitrogen and oxygen atoms in total. The third-order valence-electron chi connectivity index (χ3n) is 7.41. The number of para-hydroxylation sites is 2. The Morgan fingerprint density at radius 1 is 0.769 bits per heavy atom. The van der Waals surface area contributed by atoms with E-state index in [1.165, 1.54) is 11.1 Å². The van der Waals surface area contributed by atoms with Crippen LogP contribution in [0.3, 0.4) is 0 Å². The van der Waals surface area contributed by atoms with E-state index in [0.717, 1.165) is 39.6 Å². The molecule has 1 aromatic heterocycles. The first kappa shape index (κ1) is 24.4. The lowest BCUT2D eigenvalue weighted by atomic mass is 9.80. The van der Waals surface area contributed by atoms with Gasteiger partial charge in [0.05, 0.1) is 11.4 Å². The van der Waals surface area contributed by atoms with Crippen molar-refractivity contribution >= 4 is 17.7 Å². The number of aryl methyl sites for hydroxylation is 1. The van der Waals surface area contributed by atoms with E-state index in [2.05, 4.69) is 37.3 Å². The van der Waals surface area contributed by atoms with E-state index >= 15 is 0 Å². The molecule has 0 spiro atoms. The van der Waals surface area contributed by atoms with Gasteiger partial charge in [-0.2, -0.15) is 0 Å². The number of aliphatic imine (C=N–C) groups is 1. The Bertz CT molecular complexity index is 1780. The van der Waals surface area contributed by atoms with Crippen LogP contribution in [-0.2, 0) is 7.05 Å². The number of aromatic nitrogens is 2. The third kappa shape index (κ3) is 4.32. The maximum atomic E-state index is 13.6. The Balaban J connectivity index is 1.58. The number of hydrogen-bond donors (Lipinski definition) is 0. The van der Waals surface area contributed by atoms with Crippen LogP contribution in [0.15, 0.2) is 125 Å². The van der Waals surface area contributed by atoms with Crippen LogP contribution in [0.4, 0.5) is 5.69 Å². The Hall–Kier alpha value is -4.90. The van der Waals surface area contributed by atoms with Gasteiger partial charge in [-0.1, -0.05) is 91.0 Å². The van der Waals surface area contributed by atoms with Crippen LogP contribution >= 0.6 is 0 Å². The van der Waals surface area contributed by atoms with Crippen molar-refractivity contribution in [3.63, 3.8) is 0 Å². The molecule has 0 fully saturated rings. The van der Waals surface area contributed by atoms with Gasteiger partial charge in [0.25, 0.3) is 5.56 Å². The lowest BCUT2D eigenvalue weighted by molar-refractivity contribution is 0.489. The van der Waals surface area contributed by atoms with E-state index in [1.807, 2.05) is 104 Å². The molecule has 192 valence electrons. The molecule has 0 unspecified atom stereocenters. The molecular formula is C34H29N3O2. The molecule has 1 aliphatic rings. The van der Waals surface area contributed by atoms with Gasteiger partial charge < -0.3 is 4.74 Å². The minimum atomic E-state index is -0.163. The second-order valence-corrected chi connectivity index (χ2v) is 9.75. The number of fused-ring (bicyclic) bond motifs is 1. The zero-order valence-corrected chi connectivity index (χ0v) is 22.2. The summed E-state index contributed by atoms with van der Waals surface area (Å²) in [5, 5.41) is 0. The summed E-state index contributed by atoms with van der Waals surface area (Å²) in [6, 6.07) is 36.3. The van der Waals surface area contributed by atoms with E-state index in [4.69, 9.17) is 9.73 Å². The lowest BCUT2D eigenvalue weighted by Crippen LogP contribution is -2.19. The third-order valence-corrected chi connectivity index (χ3v) is 7.41. The zero-order chi connectivity index (χ0) is 26.9. The maximum Gasteiger partial charge on any atom is 0.297 e. The van der Waals surface area contributed by atoms with Crippen LogP contribution in [0.25, 0.3) is 11.4 Å². The Kier molecular flexibility index (Phi) is 6.33. The van der Waals surface area contributed by atoms with Gasteiger partial charge >= 0.3 is 0 Å². The van der Waals surface area contributed by atoms with E-state index in [-0.39, 0.29) is 11.5 Å². The second-order valence-electron chi connectivity index (χ2n) is 9.75. The predicted molar refractivity (Wildman–Crippen MR) is 157 cm³/mol. The first-order valence-electron chi connectivity index (χ1n) is 13.0. The topological polar surface area (TPSA) is 48.5 Å². The van der Waals surface area contributed by atoms with Gasteiger partial charge in [-0.25, -0.2) is 9.67 Å². The summed E-state index contributed by atoms with van der Waals surface area (Å²) in [4.78, 5) is 18.5. The van der Waals surface area contributed by atoms with Gasteiger partial charge in [0, 0.05) is 35.9 Å². The summed E-state index contributed by atoms with van der Waals surface area (Å²) >= 11 is 0. The maximum absolute atomic E-state index is 13.6. The molecule has 0 saturated carbocycles. The fourth-order valence-corrected chi connectivity index (χ4v) is 5.31. The van der Waals surface area contributed by atoms with E-state index in [1.54, 1.807) is 4.68 Å². The number of benzene rings is 4. The van der Waals surface area contributed by atoms with E-state index in [9.17, 15) is 4.79 Å². The van der Waals surface area contributed by atoms with E-state index in [0.29, 0.717) is 5.69 Å². The van der Waals surface area contributed by atoms with Crippen LogP contribution in [0.5, 0.6) is 5.75 Å². The van der Waals surface area contributed by atoms with Crippen LogP contribution in [0.1, 0.15) is 33.9 Å². The minimum Gasteiger partial charge on any atom is -0.456 e. The van der Waals surface area contributed by atoms with Crippen LogP contribution < -0.4 is 10.3 Å². The summed E-state index contributed by atoms with van der Waals surface area (Å²) < 4.78 is 10.1. The summed E-state index contributed by atoms with van der Waals surface area (Å²) in [6.45, 7) is 4.05. The molecule has 5 heteroatoms. The molecular weight excluding hydrogens is 482 g/mol. The van der Waals surface area contributed by atoms with Gasteiger partial charge in [0.15, 0.2) is 5.69 Å². The highest BCUT2D eigenvalue weighted by Gasteiger charge is 2.32. The van der Waals surface area contributed by atoms with Crippen molar-refractivity contribution < 1.29 is 4.74 Å². The molecule has 0 saturated heterocycles. The fraction of sp³-hybridized carbons (Fsp3) is 0.118. The largest absolute Gasteiger partial charge is 0.456 e. The van der Waals surface area contributed by atoms with Crippen LogP contribution in [0.2, 0.25) is 0 Å². The van der Waals surface area contributed by atoms with Gasteiger partial charge in [-0.3, -0.25) is 9.48 Å². The number of hydrogen-bond acceptors (Lipinski definition) is 3. The molecule has 0 amide bonds. The monoisotopic (exact) mass is 511 g/mol. The van der Waals surface area contributed by atoms with Gasteiger partial charge in [0.1, 0.15) is 11.5 Å². The van der Waals surface area contributed by atoms with Crippen molar-refractivity contribution in [3.8, 4) is 11.4 Å². The Morgan fingerprint density at radius 2 is 1.38 bits per heavy atom. The lowest BCUT2D eigenvalue weighted by Gasteiger charge is -2.30. The predicted octanol–water partition coefficient (Wildman–Crippen LogP) is 7.13. The average Bonchev–Trinajstić information content (AvgIpc) is 3.19. The van der Waals surface area contributed by atoms with E-state index < -0.39 is 0 Å². The number of allylic oxidation sites excluding steroid dienone is 1. The summed E-state index contributed by atoms with van der Waals surface area (Å²) in [6.07, 6.45) is 1.83. The zero-order valence-electron chi connectivity index (χ0n) is 22.2. The molecule has 1 atom stereocenters. The minimum absolute atomic E-state index is 0.115. The smallest absolute Gasteiger partial charge is 0.297 e. The van der Waals surface area contributed by atoms with Gasteiger partial charge in [-0.15, -0.1) is 0 Å². The average molecular weight is 512 g/mol. The molecule has 5 aromatic rings. The first-order valence-corrected chi connectivity index (χ1v) is 13.0. The Morgan fingerprint density at radius 3 is 2.10 bits per heavy atom. The number of nitrogens with zero attached hydrogens (tertiary/aromatic N) is 3. The second kappa shape index (κ2) is 10.1. The highest BCUT2D eigenvalue weighted by Crippen LogP contribution is 2.46. The van der Waals surface area contributed by atoms with Crippen molar-refractivity contribution in [3.05, 3.63) is 153 Å². The van der Waals surface area contributed by atoms with Crippen molar-refractivity contribution in [1.82, 2.24) is 9.36 Å². The Labute approximate surface area is 228 Å². The number of ether oxygens (including phenoxy) is 1. The molecule has 6 rings (SSSR count). The standard InChI is InChI=1S/C34H29N3O2/c1-23-14-10-11-19-27(23)31-28-20-12-13-21-30(28)39-33(25-15-6-4-7-16-25)29(31)22-35-32-24(2)36(3)37(34(32)38)26-17-8-5-9-18-26/h4-22,31H,1-3H3/t31-/m1/s1. The normalized spacial score (nSPS) is 14.9. The summed E-state index contributed by atoms with van der Waals surface area (Å²) in [5.41, 5.74) is 7.11.